The highest BCUT2D eigenvalue weighted by atomic mass is 79.9. The van der Waals surface area contributed by atoms with E-state index < -0.39 is 16.1 Å². The molecule has 0 heterocycles. The molecule has 0 aromatic heterocycles. The molecule has 1 rings (SSSR count). The number of rotatable bonds is 8. The van der Waals surface area contributed by atoms with Crippen LogP contribution in [0.5, 0.6) is 0 Å². The average molecular weight is 392 g/mol. The quantitative estimate of drug-likeness (QED) is 0.713. The van der Waals surface area contributed by atoms with Gasteiger partial charge in [-0.25, -0.2) is 13.1 Å². The van der Waals surface area contributed by atoms with Gasteiger partial charge >= 0.3 is 0 Å². The first-order chi connectivity index (χ1) is 10.2. The van der Waals surface area contributed by atoms with E-state index in [1.54, 1.807) is 24.3 Å². The number of halogens is 1. The number of hydrogen-bond donors (Lipinski definition) is 2. The first-order valence-corrected chi connectivity index (χ1v) is 9.83. The Hall–Kier alpha value is -0.430. The van der Waals surface area contributed by atoms with Gasteiger partial charge in [0.25, 0.3) is 0 Å². The van der Waals surface area contributed by atoms with Crippen molar-refractivity contribution in [1.29, 1.82) is 0 Å². The predicted molar refractivity (Wildman–Crippen MR) is 93.1 cm³/mol. The van der Waals surface area contributed by atoms with Crippen molar-refractivity contribution in [2.45, 2.75) is 45.1 Å². The van der Waals surface area contributed by atoms with Crippen molar-refractivity contribution in [1.82, 2.24) is 4.72 Å². The Morgan fingerprint density at radius 2 is 1.68 bits per heavy atom. The minimum atomic E-state index is -3.63. The average Bonchev–Trinajstić information content (AvgIpc) is 2.42. The smallest absolute Gasteiger partial charge is 0.240 e. The molecule has 2 atom stereocenters. The highest BCUT2D eigenvalue weighted by Gasteiger charge is 2.29. The van der Waals surface area contributed by atoms with Crippen molar-refractivity contribution >= 4 is 26.0 Å². The van der Waals surface area contributed by atoms with E-state index in [2.05, 4.69) is 48.3 Å². The lowest BCUT2D eigenvalue weighted by Gasteiger charge is -2.30. The normalized spacial score (nSPS) is 15.3. The predicted octanol–water partition coefficient (Wildman–Crippen LogP) is 3.41. The Bertz CT molecular complexity index is 555. The van der Waals surface area contributed by atoms with E-state index in [0.717, 1.165) is 10.9 Å². The summed E-state index contributed by atoms with van der Waals surface area (Å²) in [6.07, 6.45) is 0.867. The highest BCUT2D eigenvalue weighted by Crippen LogP contribution is 2.25. The molecule has 0 aliphatic carbocycles. The Kier molecular flexibility index (Phi) is 7.52. The van der Waals surface area contributed by atoms with E-state index in [4.69, 9.17) is 0 Å². The monoisotopic (exact) mass is 391 g/mol. The summed E-state index contributed by atoms with van der Waals surface area (Å²) in [6.45, 7) is 8.12. The number of sulfonamides is 1. The molecule has 126 valence electrons. The molecule has 6 heteroatoms. The van der Waals surface area contributed by atoms with Gasteiger partial charge in [-0.15, -0.1) is 0 Å². The SMILES string of the molecule is CC(C)CC(C(C)C)C(CO)NS(=O)(=O)c1ccc(Br)cc1. The first kappa shape index (κ1) is 19.6. The van der Waals surface area contributed by atoms with Crippen LogP contribution in [0.4, 0.5) is 0 Å². The minimum Gasteiger partial charge on any atom is -0.395 e. The lowest BCUT2D eigenvalue weighted by atomic mass is 9.82. The van der Waals surface area contributed by atoms with Gasteiger partial charge in [0, 0.05) is 10.5 Å². The van der Waals surface area contributed by atoms with E-state index in [-0.39, 0.29) is 23.3 Å². The zero-order valence-electron chi connectivity index (χ0n) is 13.6. The maximum atomic E-state index is 12.5. The van der Waals surface area contributed by atoms with Crippen molar-refractivity contribution in [2.24, 2.45) is 17.8 Å². The molecular formula is C16H26BrNO3S. The van der Waals surface area contributed by atoms with Gasteiger partial charge in [-0.1, -0.05) is 43.6 Å². The molecule has 0 aliphatic rings. The van der Waals surface area contributed by atoms with E-state index in [1.807, 2.05) is 0 Å². The first-order valence-electron chi connectivity index (χ1n) is 7.56. The van der Waals surface area contributed by atoms with Crippen molar-refractivity contribution in [3.05, 3.63) is 28.7 Å². The second-order valence-corrected chi connectivity index (χ2v) is 9.03. The molecule has 22 heavy (non-hydrogen) atoms. The molecular weight excluding hydrogens is 366 g/mol. The fourth-order valence-corrected chi connectivity index (χ4v) is 4.13. The molecule has 0 aliphatic heterocycles. The molecule has 1 aromatic rings. The maximum Gasteiger partial charge on any atom is 0.240 e. The van der Waals surface area contributed by atoms with E-state index in [0.29, 0.717) is 5.92 Å². The van der Waals surface area contributed by atoms with Crippen molar-refractivity contribution in [3.63, 3.8) is 0 Å². The summed E-state index contributed by atoms with van der Waals surface area (Å²) in [6, 6.07) is 6.00. The number of nitrogens with one attached hydrogen (secondary N) is 1. The molecule has 0 fully saturated rings. The lowest BCUT2D eigenvalue weighted by molar-refractivity contribution is 0.169. The van der Waals surface area contributed by atoms with E-state index in [9.17, 15) is 13.5 Å². The van der Waals surface area contributed by atoms with Crippen molar-refractivity contribution < 1.29 is 13.5 Å². The summed E-state index contributed by atoms with van der Waals surface area (Å²) in [5, 5.41) is 9.68. The summed E-state index contributed by atoms with van der Waals surface area (Å²) >= 11 is 3.29. The third-order valence-corrected chi connectivity index (χ3v) is 5.78. The fraction of sp³-hybridized carbons (Fsp3) is 0.625. The van der Waals surface area contributed by atoms with Crippen LogP contribution in [-0.4, -0.2) is 26.2 Å². The molecule has 1 aromatic carbocycles. The number of aliphatic hydroxyl groups is 1. The van der Waals surface area contributed by atoms with Gasteiger partial charge in [-0.2, -0.15) is 0 Å². The molecule has 0 amide bonds. The van der Waals surface area contributed by atoms with Crippen LogP contribution in [0.2, 0.25) is 0 Å². The second kappa shape index (κ2) is 8.43. The summed E-state index contributed by atoms with van der Waals surface area (Å²) in [7, 11) is -3.63. The Labute approximate surface area is 142 Å². The summed E-state index contributed by atoms with van der Waals surface area (Å²) < 4.78 is 28.5. The Morgan fingerprint density at radius 1 is 1.14 bits per heavy atom. The van der Waals surface area contributed by atoms with Crippen LogP contribution in [0.25, 0.3) is 0 Å². The van der Waals surface area contributed by atoms with Crippen LogP contribution >= 0.6 is 15.9 Å². The Balaban J connectivity index is 2.97. The van der Waals surface area contributed by atoms with Gasteiger partial charge in [0.05, 0.1) is 11.5 Å². The second-order valence-electron chi connectivity index (χ2n) is 6.40. The maximum absolute atomic E-state index is 12.5. The van der Waals surface area contributed by atoms with Gasteiger partial charge in [0.15, 0.2) is 0 Å². The van der Waals surface area contributed by atoms with Gasteiger partial charge in [0.1, 0.15) is 0 Å². The third kappa shape index (κ3) is 5.65. The number of aliphatic hydroxyl groups excluding tert-OH is 1. The Morgan fingerprint density at radius 3 is 2.09 bits per heavy atom. The fourth-order valence-electron chi connectivity index (χ4n) is 2.59. The standard InChI is InChI=1S/C16H26BrNO3S/c1-11(2)9-15(12(3)4)16(10-19)18-22(20,21)14-7-5-13(17)6-8-14/h5-8,11-12,15-16,18-19H,9-10H2,1-4H3. The molecule has 0 bridgehead atoms. The van der Waals surface area contributed by atoms with E-state index >= 15 is 0 Å². The highest BCUT2D eigenvalue weighted by molar-refractivity contribution is 9.10. The third-order valence-electron chi connectivity index (χ3n) is 3.74. The van der Waals surface area contributed by atoms with Gasteiger partial charge in [0.2, 0.25) is 10.0 Å². The topological polar surface area (TPSA) is 66.4 Å². The van der Waals surface area contributed by atoms with Crippen LogP contribution in [0.3, 0.4) is 0 Å². The molecule has 0 spiro atoms. The lowest BCUT2D eigenvalue weighted by Crippen LogP contribution is -2.45. The molecule has 4 nitrogen and oxygen atoms in total. The minimum absolute atomic E-state index is 0.0928. The van der Waals surface area contributed by atoms with Crippen LogP contribution in [0, 0.1) is 17.8 Å². The van der Waals surface area contributed by atoms with Crippen LogP contribution in [0.15, 0.2) is 33.6 Å². The van der Waals surface area contributed by atoms with Crippen LogP contribution in [0.1, 0.15) is 34.1 Å². The number of benzene rings is 1. The largest absolute Gasteiger partial charge is 0.395 e. The molecule has 0 radical (unpaired) electrons. The van der Waals surface area contributed by atoms with Gasteiger partial charge < -0.3 is 5.11 Å². The molecule has 2 unspecified atom stereocenters. The summed E-state index contributed by atoms with van der Waals surface area (Å²) in [4.78, 5) is 0.209. The summed E-state index contributed by atoms with van der Waals surface area (Å²) in [5.74, 6) is 0.820. The van der Waals surface area contributed by atoms with Crippen LogP contribution < -0.4 is 4.72 Å². The zero-order chi connectivity index (χ0) is 16.9. The van der Waals surface area contributed by atoms with Gasteiger partial charge in [-0.3, -0.25) is 0 Å². The summed E-state index contributed by atoms with van der Waals surface area (Å²) in [5.41, 5.74) is 0. The molecule has 0 saturated carbocycles. The molecule has 2 N–H and O–H groups in total. The van der Waals surface area contributed by atoms with Crippen molar-refractivity contribution in [3.8, 4) is 0 Å². The zero-order valence-corrected chi connectivity index (χ0v) is 16.0. The van der Waals surface area contributed by atoms with Gasteiger partial charge in [-0.05, 0) is 48.4 Å². The number of hydrogen-bond acceptors (Lipinski definition) is 3. The van der Waals surface area contributed by atoms with Crippen molar-refractivity contribution in [2.75, 3.05) is 6.61 Å². The van der Waals surface area contributed by atoms with Crippen LogP contribution in [-0.2, 0) is 10.0 Å². The van der Waals surface area contributed by atoms with E-state index in [1.165, 1.54) is 0 Å². The molecule has 0 saturated heterocycles.